The number of aldehydes is 1. The molecule has 2 heterocycles. The van der Waals surface area contributed by atoms with Gasteiger partial charge in [0.05, 0.1) is 4.88 Å². The lowest BCUT2D eigenvalue weighted by molar-refractivity contribution is 0.112. The summed E-state index contributed by atoms with van der Waals surface area (Å²) < 4.78 is 5.79. The van der Waals surface area contributed by atoms with Crippen molar-refractivity contribution in [3.05, 3.63) is 70.2 Å². The zero-order chi connectivity index (χ0) is 16.1. The second kappa shape index (κ2) is 7.44. The van der Waals surface area contributed by atoms with Gasteiger partial charge in [-0.3, -0.25) is 9.78 Å². The van der Waals surface area contributed by atoms with Gasteiger partial charge in [-0.1, -0.05) is 11.8 Å². The van der Waals surface area contributed by atoms with E-state index >= 15 is 0 Å². The molecule has 0 saturated heterocycles. The van der Waals surface area contributed by atoms with Crippen molar-refractivity contribution in [3.8, 4) is 5.75 Å². The van der Waals surface area contributed by atoms with Crippen LogP contribution in [0.1, 0.15) is 20.9 Å². The molecule has 3 aromatic rings. The molecule has 0 bridgehead atoms. The zero-order valence-corrected chi connectivity index (χ0v) is 14.2. The van der Waals surface area contributed by atoms with Crippen LogP contribution in [0.2, 0.25) is 0 Å². The molecule has 0 aliphatic heterocycles. The van der Waals surface area contributed by atoms with Crippen LogP contribution in [0, 0.1) is 6.92 Å². The summed E-state index contributed by atoms with van der Waals surface area (Å²) in [5.41, 5.74) is 2.09. The van der Waals surface area contributed by atoms with Crippen LogP contribution in [0.5, 0.6) is 5.75 Å². The van der Waals surface area contributed by atoms with Crippen LogP contribution in [-0.4, -0.2) is 11.3 Å². The lowest BCUT2D eigenvalue weighted by Gasteiger charge is -2.07. The van der Waals surface area contributed by atoms with E-state index in [4.69, 9.17) is 4.74 Å². The van der Waals surface area contributed by atoms with E-state index in [0.29, 0.717) is 6.61 Å². The van der Waals surface area contributed by atoms with E-state index in [9.17, 15) is 4.79 Å². The van der Waals surface area contributed by atoms with Crippen molar-refractivity contribution in [1.29, 1.82) is 0 Å². The highest BCUT2D eigenvalue weighted by atomic mass is 32.2. The Kier molecular flexibility index (Phi) is 5.10. The molecule has 0 radical (unpaired) electrons. The van der Waals surface area contributed by atoms with Crippen LogP contribution in [0.3, 0.4) is 0 Å². The summed E-state index contributed by atoms with van der Waals surface area (Å²) in [6.07, 6.45) is 2.69. The Morgan fingerprint density at radius 3 is 2.78 bits per heavy atom. The molecule has 0 N–H and O–H groups in total. The van der Waals surface area contributed by atoms with E-state index in [1.807, 2.05) is 54.8 Å². The quantitative estimate of drug-likeness (QED) is 0.592. The van der Waals surface area contributed by atoms with Gasteiger partial charge >= 0.3 is 0 Å². The second-order valence-corrected chi connectivity index (χ2v) is 7.00. The Morgan fingerprint density at radius 2 is 2.04 bits per heavy atom. The molecular weight excluding hydrogens is 326 g/mol. The molecule has 23 heavy (non-hydrogen) atoms. The van der Waals surface area contributed by atoms with Crippen LogP contribution in [0.15, 0.2) is 63.8 Å². The predicted octanol–water partition coefficient (Wildman–Crippen LogP) is 4.99. The van der Waals surface area contributed by atoms with Crippen molar-refractivity contribution >= 4 is 29.4 Å². The summed E-state index contributed by atoms with van der Waals surface area (Å²) in [4.78, 5) is 18.0. The van der Waals surface area contributed by atoms with Gasteiger partial charge in [0.1, 0.15) is 12.4 Å². The van der Waals surface area contributed by atoms with Crippen molar-refractivity contribution < 1.29 is 9.53 Å². The third kappa shape index (κ3) is 4.21. The van der Waals surface area contributed by atoms with Gasteiger partial charge in [0.15, 0.2) is 6.29 Å². The summed E-state index contributed by atoms with van der Waals surface area (Å²) in [5.74, 6) is 0.824. The Labute approximate surface area is 143 Å². The summed E-state index contributed by atoms with van der Waals surface area (Å²) in [5, 5.41) is 1.93. The van der Waals surface area contributed by atoms with E-state index in [1.165, 1.54) is 11.3 Å². The van der Waals surface area contributed by atoms with Crippen LogP contribution >= 0.6 is 23.1 Å². The number of pyridine rings is 1. The molecule has 0 unspecified atom stereocenters. The number of carbonyl (C=O) groups excluding carboxylic acids is 1. The van der Waals surface area contributed by atoms with Gasteiger partial charge in [-0.25, -0.2) is 0 Å². The minimum absolute atomic E-state index is 0.523. The minimum Gasteiger partial charge on any atom is -0.489 e. The molecule has 0 aliphatic rings. The first-order valence-corrected chi connectivity index (χ1v) is 8.79. The summed E-state index contributed by atoms with van der Waals surface area (Å²) in [6, 6.07) is 13.8. The van der Waals surface area contributed by atoms with Gasteiger partial charge in [-0.2, -0.15) is 0 Å². The average Bonchev–Trinajstić information content (AvgIpc) is 3.01. The first kappa shape index (κ1) is 15.8. The number of ether oxygens (including phenoxy) is 1. The topological polar surface area (TPSA) is 39.2 Å². The van der Waals surface area contributed by atoms with E-state index in [2.05, 4.69) is 4.98 Å². The lowest BCUT2D eigenvalue weighted by atomic mass is 10.2. The Bertz CT molecular complexity index is 797. The molecular formula is C18H15NO2S2. The summed E-state index contributed by atoms with van der Waals surface area (Å²) in [6.45, 7) is 2.49. The van der Waals surface area contributed by atoms with Crippen LogP contribution in [0.4, 0.5) is 0 Å². The molecule has 3 rings (SSSR count). The Balaban J connectivity index is 1.62. The standard InChI is InChI=1S/C18H15NO2S2/c1-13-10-14(6-8-19-13)12-21-15-2-4-16(5-3-15)23-17-7-9-22-18(17)11-20/h2-11H,12H2,1H3. The van der Waals surface area contributed by atoms with E-state index in [-0.39, 0.29) is 0 Å². The highest BCUT2D eigenvalue weighted by Crippen LogP contribution is 2.33. The smallest absolute Gasteiger partial charge is 0.161 e. The monoisotopic (exact) mass is 341 g/mol. The molecule has 0 saturated carbocycles. The lowest BCUT2D eigenvalue weighted by Crippen LogP contribution is -1.96. The number of aryl methyl sites for hydroxylation is 1. The van der Waals surface area contributed by atoms with E-state index in [1.54, 1.807) is 18.0 Å². The van der Waals surface area contributed by atoms with Crippen LogP contribution < -0.4 is 4.74 Å². The number of thiophene rings is 1. The molecule has 0 amide bonds. The number of hydrogen-bond acceptors (Lipinski definition) is 5. The molecule has 0 fully saturated rings. The fourth-order valence-corrected chi connectivity index (χ4v) is 3.83. The second-order valence-electron chi connectivity index (χ2n) is 4.93. The molecule has 5 heteroatoms. The first-order valence-electron chi connectivity index (χ1n) is 7.09. The van der Waals surface area contributed by atoms with Gasteiger partial charge in [-0.05, 0) is 60.3 Å². The maximum absolute atomic E-state index is 10.9. The summed E-state index contributed by atoms with van der Waals surface area (Å²) >= 11 is 3.05. The van der Waals surface area contributed by atoms with Crippen molar-refractivity contribution in [2.75, 3.05) is 0 Å². The third-order valence-electron chi connectivity index (χ3n) is 3.18. The largest absolute Gasteiger partial charge is 0.489 e. The molecule has 0 spiro atoms. The molecule has 116 valence electrons. The third-order valence-corrected chi connectivity index (χ3v) is 5.24. The average molecular weight is 341 g/mol. The zero-order valence-electron chi connectivity index (χ0n) is 12.6. The fourth-order valence-electron chi connectivity index (χ4n) is 2.07. The maximum Gasteiger partial charge on any atom is 0.161 e. The van der Waals surface area contributed by atoms with Crippen LogP contribution in [-0.2, 0) is 6.61 Å². The number of carbonyl (C=O) groups is 1. The molecule has 0 atom stereocenters. The maximum atomic E-state index is 10.9. The van der Waals surface area contributed by atoms with Crippen molar-refractivity contribution in [3.63, 3.8) is 0 Å². The molecule has 3 nitrogen and oxygen atoms in total. The number of rotatable bonds is 6. The highest BCUT2D eigenvalue weighted by molar-refractivity contribution is 7.99. The number of nitrogens with zero attached hydrogens (tertiary/aromatic N) is 1. The van der Waals surface area contributed by atoms with Gasteiger partial charge in [0.2, 0.25) is 0 Å². The van der Waals surface area contributed by atoms with Gasteiger partial charge in [0, 0.05) is 21.7 Å². The summed E-state index contributed by atoms with van der Waals surface area (Å²) in [7, 11) is 0. The van der Waals surface area contributed by atoms with Crippen molar-refractivity contribution in [1.82, 2.24) is 4.98 Å². The molecule has 1 aromatic carbocycles. The van der Waals surface area contributed by atoms with Gasteiger partial charge in [-0.15, -0.1) is 11.3 Å². The minimum atomic E-state index is 0.523. The molecule has 0 aliphatic carbocycles. The predicted molar refractivity (Wildman–Crippen MR) is 93.6 cm³/mol. The number of aromatic nitrogens is 1. The van der Waals surface area contributed by atoms with Crippen molar-refractivity contribution in [2.24, 2.45) is 0 Å². The normalized spacial score (nSPS) is 10.5. The Morgan fingerprint density at radius 1 is 1.22 bits per heavy atom. The number of hydrogen-bond donors (Lipinski definition) is 0. The fraction of sp³-hybridized carbons (Fsp3) is 0.111. The van der Waals surface area contributed by atoms with Gasteiger partial charge < -0.3 is 4.74 Å². The van der Waals surface area contributed by atoms with Gasteiger partial charge in [0.25, 0.3) is 0 Å². The Hall–Kier alpha value is -2.11. The van der Waals surface area contributed by atoms with E-state index in [0.717, 1.165) is 38.0 Å². The van der Waals surface area contributed by atoms with E-state index < -0.39 is 0 Å². The SMILES string of the molecule is Cc1cc(COc2ccc(Sc3ccsc3C=O)cc2)ccn1. The highest BCUT2D eigenvalue weighted by Gasteiger charge is 2.05. The van der Waals surface area contributed by atoms with Crippen molar-refractivity contribution in [2.45, 2.75) is 23.3 Å². The number of benzene rings is 1. The first-order chi connectivity index (χ1) is 11.2. The van der Waals surface area contributed by atoms with Crippen LogP contribution in [0.25, 0.3) is 0 Å². The molecule has 2 aromatic heterocycles.